The normalized spacial score (nSPS) is 12.7. The van der Waals surface area contributed by atoms with Crippen molar-refractivity contribution in [3.8, 4) is 0 Å². The largest absolute Gasteiger partial charge is 0.325 e. The fraction of sp³-hybridized carbons (Fsp3) is 0.562. The first-order valence-corrected chi connectivity index (χ1v) is 9.88. The summed E-state index contributed by atoms with van der Waals surface area (Å²) >= 11 is 1.56. The van der Waals surface area contributed by atoms with Crippen molar-refractivity contribution in [1.29, 1.82) is 0 Å². The Bertz CT molecular complexity index is 632. The number of nitrogens with zero attached hydrogens (tertiary/aromatic N) is 1. The van der Waals surface area contributed by atoms with E-state index in [-0.39, 0.29) is 21.6 Å². The van der Waals surface area contributed by atoms with Gasteiger partial charge in [-0.2, -0.15) is 4.31 Å². The maximum Gasteiger partial charge on any atom is 0.243 e. The lowest BCUT2D eigenvalue weighted by molar-refractivity contribution is -0.113. The summed E-state index contributed by atoms with van der Waals surface area (Å²) in [5.41, 5.74) is 0.593. The van der Waals surface area contributed by atoms with Crippen LogP contribution < -0.4 is 5.32 Å². The van der Waals surface area contributed by atoms with E-state index in [9.17, 15) is 13.2 Å². The van der Waals surface area contributed by atoms with Crippen molar-refractivity contribution in [2.75, 3.05) is 18.1 Å². The van der Waals surface area contributed by atoms with E-state index in [4.69, 9.17) is 0 Å². The zero-order valence-corrected chi connectivity index (χ0v) is 16.2. The van der Waals surface area contributed by atoms with Crippen LogP contribution in [0.1, 0.15) is 34.6 Å². The number of thioether (sulfide) groups is 1. The molecule has 1 aromatic carbocycles. The number of benzene rings is 1. The summed E-state index contributed by atoms with van der Waals surface area (Å²) in [7, 11) is -1.94. The van der Waals surface area contributed by atoms with E-state index >= 15 is 0 Å². The molecule has 1 rings (SSSR count). The molecule has 0 saturated heterocycles. The lowest BCUT2D eigenvalue weighted by atomic mass is 10.3. The number of sulfonamides is 1. The molecule has 1 N–H and O–H groups in total. The van der Waals surface area contributed by atoms with Gasteiger partial charge in [-0.3, -0.25) is 4.79 Å². The fourth-order valence-corrected chi connectivity index (χ4v) is 3.64. The van der Waals surface area contributed by atoms with Gasteiger partial charge in [-0.15, -0.1) is 11.8 Å². The highest BCUT2D eigenvalue weighted by molar-refractivity contribution is 8.01. The third kappa shape index (κ3) is 6.16. The highest BCUT2D eigenvalue weighted by Crippen LogP contribution is 2.23. The van der Waals surface area contributed by atoms with Crippen LogP contribution in [0.15, 0.2) is 29.2 Å². The Morgan fingerprint density at radius 2 is 1.74 bits per heavy atom. The van der Waals surface area contributed by atoms with Gasteiger partial charge in [-0.05, 0) is 38.1 Å². The number of amides is 1. The Morgan fingerprint density at radius 3 is 2.17 bits per heavy atom. The first kappa shape index (κ1) is 20.0. The van der Waals surface area contributed by atoms with Crippen molar-refractivity contribution < 1.29 is 13.2 Å². The molecule has 0 radical (unpaired) electrons. The molecule has 0 aromatic heterocycles. The average molecular weight is 359 g/mol. The van der Waals surface area contributed by atoms with Gasteiger partial charge in [0.15, 0.2) is 0 Å². The van der Waals surface area contributed by atoms with E-state index in [1.54, 1.807) is 30.9 Å². The van der Waals surface area contributed by atoms with Gasteiger partial charge in [0, 0.05) is 23.5 Å². The maximum atomic E-state index is 12.4. The monoisotopic (exact) mass is 358 g/mol. The highest BCUT2D eigenvalue weighted by Gasteiger charge is 2.22. The molecule has 1 aromatic rings. The second-order valence-electron chi connectivity index (χ2n) is 6.59. The molecule has 7 heteroatoms. The molecule has 0 saturated carbocycles. The van der Waals surface area contributed by atoms with Crippen molar-refractivity contribution in [3.63, 3.8) is 0 Å². The number of anilines is 1. The molecule has 23 heavy (non-hydrogen) atoms. The van der Waals surface area contributed by atoms with Crippen molar-refractivity contribution >= 4 is 33.4 Å². The molecule has 0 spiro atoms. The highest BCUT2D eigenvalue weighted by atomic mass is 32.2. The summed E-state index contributed by atoms with van der Waals surface area (Å²) < 4.78 is 26.1. The number of carbonyl (C=O) groups excluding carboxylic acids is 1. The SMILES string of the molecule is CC(C)N(C)S(=O)(=O)c1ccc(NC(=O)CSC(C)(C)C)cc1. The number of hydrogen-bond acceptors (Lipinski definition) is 4. The van der Waals surface area contributed by atoms with E-state index in [1.807, 2.05) is 13.8 Å². The Balaban J connectivity index is 2.76. The molecule has 130 valence electrons. The molecule has 0 unspecified atom stereocenters. The van der Waals surface area contributed by atoms with Gasteiger partial charge in [-0.1, -0.05) is 20.8 Å². The molecule has 0 heterocycles. The molecule has 0 aliphatic carbocycles. The molecule has 0 aliphatic rings. The van der Waals surface area contributed by atoms with Gasteiger partial charge in [0.1, 0.15) is 0 Å². The number of carbonyl (C=O) groups is 1. The van der Waals surface area contributed by atoms with Crippen LogP contribution in [0.25, 0.3) is 0 Å². The second kappa shape index (κ2) is 7.68. The average Bonchev–Trinajstić information content (AvgIpc) is 2.44. The van der Waals surface area contributed by atoms with Gasteiger partial charge >= 0.3 is 0 Å². The van der Waals surface area contributed by atoms with E-state index in [1.165, 1.54) is 16.4 Å². The predicted molar refractivity (Wildman–Crippen MR) is 97.4 cm³/mol. The molecule has 1 amide bonds. The van der Waals surface area contributed by atoms with Gasteiger partial charge in [-0.25, -0.2) is 8.42 Å². The molecule has 0 aliphatic heterocycles. The van der Waals surface area contributed by atoms with Crippen LogP contribution in [0.4, 0.5) is 5.69 Å². The van der Waals surface area contributed by atoms with Gasteiger partial charge in [0.05, 0.1) is 10.6 Å². The van der Waals surface area contributed by atoms with Crippen LogP contribution in [0, 0.1) is 0 Å². The molecule has 0 bridgehead atoms. The number of nitrogens with one attached hydrogen (secondary N) is 1. The topological polar surface area (TPSA) is 66.5 Å². The van der Waals surface area contributed by atoms with E-state index in [2.05, 4.69) is 26.1 Å². The molecular formula is C16H26N2O3S2. The summed E-state index contributed by atoms with van der Waals surface area (Å²) in [5, 5.41) is 2.78. The van der Waals surface area contributed by atoms with Gasteiger partial charge in [0.2, 0.25) is 15.9 Å². The summed E-state index contributed by atoms with van der Waals surface area (Å²) in [6.45, 7) is 9.79. The van der Waals surface area contributed by atoms with Crippen molar-refractivity contribution in [2.24, 2.45) is 0 Å². The Labute approximate surface area is 143 Å². The lowest BCUT2D eigenvalue weighted by Gasteiger charge is -2.21. The van der Waals surface area contributed by atoms with Gasteiger partial charge in [0.25, 0.3) is 0 Å². The van der Waals surface area contributed by atoms with E-state index in [0.717, 1.165) is 0 Å². The van der Waals surface area contributed by atoms with Gasteiger partial charge < -0.3 is 5.32 Å². The first-order chi connectivity index (χ1) is 10.4. The zero-order valence-electron chi connectivity index (χ0n) is 14.6. The second-order valence-corrected chi connectivity index (χ2v) is 10.4. The lowest BCUT2D eigenvalue weighted by Crippen LogP contribution is -2.33. The third-order valence-corrected chi connectivity index (χ3v) is 6.50. The van der Waals surface area contributed by atoms with Crippen molar-refractivity contribution in [3.05, 3.63) is 24.3 Å². The predicted octanol–water partition coefficient (Wildman–Crippen LogP) is 3.19. The zero-order chi connectivity index (χ0) is 17.8. The van der Waals surface area contributed by atoms with Crippen LogP contribution >= 0.6 is 11.8 Å². The molecule has 5 nitrogen and oxygen atoms in total. The quantitative estimate of drug-likeness (QED) is 0.848. The van der Waals surface area contributed by atoms with Crippen LogP contribution in [-0.4, -0.2) is 42.2 Å². The van der Waals surface area contributed by atoms with E-state index in [0.29, 0.717) is 11.4 Å². The summed E-state index contributed by atoms with van der Waals surface area (Å²) in [6.07, 6.45) is 0. The first-order valence-electron chi connectivity index (χ1n) is 7.45. The summed E-state index contributed by atoms with van der Waals surface area (Å²) in [4.78, 5) is 12.1. The van der Waals surface area contributed by atoms with Crippen LogP contribution in [0.2, 0.25) is 0 Å². The minimum Gasteiger partial charge on any atom is -0.325 e. The maximum absolute atomic E-state index is 12.4. The van der Waals surface area contributed by atoms with Crippen molar-refractivity contribution in [1.82, 2.24) is 4.31 Å². The summed E-state index contributed by atoms with van der Waals surface area (Å²) in [6, 6.07) is 6.14. The number of rotatable bonds is 6. The molecule has 0 fully saturated rings. The minimum absolute atomic E-state index is 0.0245. The fourth-order valence-electron chi connectivity index (χ4n) is 1.63. The summed E-state index contributed by atoms with van der Waals surface area (Å²) in [5.74, 6) is 0.263. The third-order valence-electron chi connectivity index (χ3n) is 3.18. The standard InChI is InChI=1S/C16H26N2O3S2/c1-12(2)18(6)23(20,21)14-9-7-13(8-10-14)17-15(19)11-22-16(3,4)5/h7-10,12H,11H2,1-6H3,(H,17,19). The Hall–Kier alpha value is -1.05. The van der Waals surface area contributed by atoms with Crippen molar-refractivity contribution in [2.45, 2.75) is 50.3 Å². The van der Waals surface area contributed by atoms with Crippen LogP contribution in [0.5, 0.6) is 0 Å². The minimum atomic E-state index is -3.50. The smallest absolute Gasteiger partial charge is 0.243 e. The molecular weight excluding hydrogens is 332 g/mol. The molecule has 0 atom stereocenters. The Morgan fingerprint density at radius 1 is 1.22 bits per heavy atom. The number of hydrogen-bond donors (Lipinski definition) is 1. The van der Waals surface area contributed by atoms with Crippen LogP contribution in [-0.2, 0) is 14.8 Å². The van der Waals surface area contributed by atoms with E-state index < -0.39 is 10.0 Å². The van der Waals surface area contributed by atoms with Crippen LogP contribution in [0.3, 0.4) is 0 Å². The Kier molecular flexibility index (Phi) is 6.68.